The molecule has 3 rings (SSSR count). The third-order valence-corrected chi connectivity index (χ3v) is 4.49. The average molecular weight is 378 g/mol. The molecule has 0 aliphatic carbocycles. The van der Waals surface area contributed by atoms with E-state index in [1.807, 2.05) is 30.3 Å². The van der Waals surface area contributed by atoms with Gasteiger partial charge in [-0.05, 0) is 52.7 Å². The van der Waals surface area contributed by atoms with Crippen LogP contribution in [0.2, 0.25) is 0 Å². The number of hydrogen-bond acceptors (Lipinski definition) is 5. The smallest absolute Gasteiger partial charge is 0.231 e. The number of anilines is 1. The van der Waals surface area contributed by atoms with Crippen LogP contribution in [0.15, 0.2) is 46.9 Å². The molecule has 2 aromatic rings. The van der Waals surface area contributed by atoms with Gasteiger partial charge < -0.3 is 14.3 Å². The van der Waals surface area contributed by atoms with E-state index >= 15 is 0 Å². The number of carbonyl (C=O) groups is 1. The first kappa shape index (κ1) is 15.8. The van der Waals surface area contributed by atoms with Crippen molar-refractivity contribution in [3.63, 3.8) is 0 Å². The van der Waals surface area contributed by atoms with Crippen LogP contribution in [0.4, 0.5) is 5.69 Å². The maximum absolute atomic E-state index is 11.7. The Balaban J connectivity index is 1.88. The Hall–Kier alpha value is -2.05. The Morgan fingerprint density at radius 3 is 2.74 bits per heavy atom. The largest absolute Gasteiger partial charge is 0.454 e. The van der Waals surface area contributed by atoms with Crippen molar-refractivity contribution in [2.24, 2.45) is 0 Å². The third-order valence-electron chi connectivity index (χ3n) is 3.82. The number of ether oxygens (including phenoxy) is 2. The van der Waals surface area contributed by atoms with Gasteiger partial charge in [-0.2, -0.15) is 0 Å². The van der Waals surface area contributed by atoms with Gasteiger partial charge in [0.05, 0.1) is 5.69 Å². The van der Waals surface area contributed by atoms with Crippen molar-refractivity contribution in [2.45, 2.75) is 18.9 Å². The predicted octanol–water partition coefficient (Wildman–Crippen LogP) is 3.57. The van der Waals surface area contributed by atoms with Crippen molar-refractivity contribution < 1.29 is 19.5 Å². The van der Waals surface area contributed by atoms with Crippen LogP contribution in [0.1, 0.15) is 12.5 Å². The number of rotatable bonds is 5. The monoisotopic (exact) mass is 377 g/mol. The summed E-state index contributed by atoms with van der Waals surface area (Å²) in [4.78, 5) is 11.7. The van der Waals surface area contributed by atoms with E-state index in [2.05, 4.69) is 15.9 Å². The van der Waals surface area contributed by atoms with Crippen molar-refractivity contribution in [3.05, 3.63) is 52.5 Å². The standard InChI is InChI=1S/C17H16BrNO4/c1-17(10-20,19(21)14-5-3-2-4-13(14)18)9-12-6-7-15-16(8-12)23-11-22-15/h2-8,10,21H,9,11H2,1H3. The molecule has 120 valence electrons. The first-order valence-corrected chi connectivity index (χ1v) is 7.91. The van der Waals surface area contributed by atoms with Crippen LogP contribution in [-0.2, 0) is 11.2 Å². The highest BCUT2D eigenvalue weighted by Crippen LogP contribution is 2.35. The van der Waals surface area contributed by atoms with Crippen LogP contribution >= 0.6 is 15.9 Å². The van der Waals surface area contributed by atoms with E-state index in [9.17, 15) is 10.0 Å². The Kier molecular flexibility index (Phi) is 4.28. The number of aldehydes is 1. The molecule has 0 saturated carbocycles. The maximum atomic E-state index is 11.7. The lowest BCUT2D eigenvalue weighted by atomic mass is 9.93. The van der Waals surface area contributed by atoms with Gasteiger partial charge in [0.1, 0.15) is 11.8 Å². The zero-order valence-corrected chi connectivity index (χ0v) is 14.1. The molecule has 0 aromatic heterocycles. The molecular weight excluding hydrogens is 362 g/mol. The van der Waals surface area contributed by atoms with Gasteiger partial charge >= 0.3 is 0 Å². The van der Waals surface area contributed by atoms with Gasteiger partial charge in [-0.25, -0.2) is 5.06 Å². The summed E-state index contributed by atoms with van der Waals surface area (Å²) in [6.45, 7) is 1.89. The Bertz CT molecular complexity index is 736. The summed E-state index contributed by atoms with van der Waals surface area (Å²) in [6, 6.07) is 12.7. The molecule has 1 unspecified atom stereocenters. The molecule has 1 N–H and O–H groups in total. The summed E-state index contributed by atoms with van der Waals surface area (Å²) < 4.78 is 11.4. The number of para-hydroxylation sites is 1. The second-order valence-electron chi connectivity index (χ2n) is 5.60. The number of hydrogen-bond donors (Lipinski definition) is 1. The molecule has 2 aromatic carbocycles. The van der Waals surface area contributed by atoms with Crippen molar-refractivity contribution >= 4 is 27.9 Å². The fourth-order valence-electron chi connectivity index (χ4n) is 2.53. The molecular formula is C17H16BrNO4. The molecule has 1 aliphatic rings. The molecule has 6 heteroatoms. The van der Waals surface area contributed by atoms with Gasteiger partial charge in [-0.1, -0.05) is 18.2 Å². The number of carbonyl (C=O) groups excluding carboxylic acids is 1. The zero-order chi connectivity index (χ0) is 16.4. The summed E-state index contributed by atoms with van der Waals surface area (Å²) in [5.41, 5.74) is 0.287. The summed E-state index contributed by atoms with van der Waals surface area (Å²) in [5.74, 6) is 1.34. The highest BCUT2D eigenvalue weighted by Gasteiger charge is 2.33. The van der Waals surface area contributed by atoms with Gasteiger partial charge in [-0.15, -0.1) is 0 Å². The second kappa shape index (κ2) is 6.22. The second-order valence-corrected chi connectivity index (χ2v) is 6.46. The van der Waals surface area contributed by atoms with Gasteiger partial charge in [0.2, 0.25) is 6.79 Å². The van der Waals surface area contributed by atoms with Crippen LogP contribution < -0.4 is 14.5 Å². The molecule has 0 amide bonds. The van der Waals surface area contributed by atoms with Gasteiger partial charge in [0.15, 0.2) is 11.5 Å². The number of halogens is 1. The number of fused-ring (bicyclic) bond motifs is 1. The van der Waals surface area contributed by atoms with Crippen LogP contribution in [-0.4, -0.2) is 23.8 Å². The van der Waals surface area contributed by atoms with E-state index in [1.54, 1.807) is 19.1 Å². The topological polar surface area (TPSA) is 59.0 Å². The first-order chi connectivity index (χ1) is 11.0. The van der Waals surface area contributed by atoms with Crippen molar-refractivity contribution in [1.29, 1.82) is 0 Å². The van der Waals surface area contributed by atoms with Crippen LogP contribution in [0.3, 0.4) is 0 Å². The van der Waals surface area contributed by atoms with Gasteiger partial charge in [-0.3, -0.25) is 5.21 Å². The summed E-state index contributed by atoms with van der Waals surface area (Å²) in [6.07, 6.45) is 1.07. The molecule has 0 radical (unpaired) electrons. The molecule has 0 fully saturated rings. The molecule has 0 bridgehead atoms. The molecule has 23 heavy (non-hydrogen) atoms. The van der Waals surface area contributed by atoms with Crippen LogP contribution in [0, 0.1) is 0 Å². The van der Waals surface area contributed by atoms with E-state index < -0.39 is 5.54 Å². The minimum Gasteiger partial charge on any atom is -0.454 e. The Labute approximate surface area is 142 Å². The van der Waals surface area contributed by atoms with E-state index in [-0.39, 0.29) is 6.79 Å². The molecule has 1 heterocycles. The lowest BCUT2D eigenvalue weighted by Crippen LogP contribution is -2.48. The number of benzene rings is 2. The highest BCUT2D eigenvalue weighted by atomic mass is 79.9. The quantitative estimate of drug-likeness (QED) is 0.637. The Morgan fingerprint density at radius 2 is 2.00 bits per heavy atom. The van der Waals surface area contributed by atoms with Crippen LogP contribution in [0.5, 0.6) is 11.5 Å². The maximum Gasteiger partial charge on any atom is 0.231 e. The third kappa shape index (κ3) is 3.04. The van der Waals surface area contributed by atoms with Gasteiger partial charge in [0.25, 0.3) is 0 Å². The molecule has 0 saturated heterocycles. The Morgan fingerprint density at radius 1 is 1.26 bits per heavy atom. The predicted molar refractivity (Wildman–Crippen MR) is 89.1 cm³/mol. The molecule has 5 nitrogen and oxygen atoms in total. The fourth-order valence-corrected chi connectivity index (χ4v) is 2.98. The summed E-state index contributed by atoms with van der Waals surface area (Å²) >= 11 is 3.39. The van der Waals surface area contributed by atoms with Crippen molar-refractivity contribution in [2.75, 3.05) is 11.9 Å². The minimum absolute atomic E-state index is 0.201. The van der Waals surface area contributed by atoms with Crippen molar-refractivity contribution in [3.8, 4) is 11.5 Å². The van der Waals surface area contributed by atoms with Crippen molar-refractivity contribution in [1.82, 2.24) is 0 Å². The molecule has 1 aliphatic heterocycles. The average Bonchev–Trinajstić information content (AvgIpc) is 3.02. The highest BCUT2D eigenvalue weighted by molar-refractivity contribution is 9.10. The lowest BCUT2D eigenvalue weighted by Gasteiger charge is -2.34. The van der Waals surface area contributed by atoms with E-state index in [0.717, 1.165) is 16.9 Å². The first-order valence-electron chi connectivity index (χ1n) is 7.12. The van der Waals surface area contributed by atoms with Gasteiger partial charge in [0, 0.05) is 10.9 Å². The SMILES string of the molecule is CC(C=O)(Cc1ccc2c(c1)OCO2)N(O)c1ccccc1Br. The number of nitrogens with zero attached hydrogens (tertiary/aromatic N) is 1. The summed E-state index contributed by atoms with van der Waals surface area (Å²) in [7, 11) is 0. The fraction of sp³-hybridized carbons (Fsp3) is 0.235. The minimum atomic E-state index is -1.11. The molecule has 0 spiro atoms. The lowest BCUT2D eigenvalue weighted by molar-refractivity contribution is -0.113. The zero-order valence-electron chi connectivity index (χ0n) is 12.5. The summed E-state index contributed by atoms with van der Waals surface area (Å²) in [5, 5.41) is 11.6. The van der Waals surface area contributed by atoms with E-state index in [4.69, 9.17) is 9.47 Å². The normalized spacial score (nSPS) is 15.1. The number of hydroxylamine groups is 1. The van der Waals surface area contributed by atoms with E-state index in [1.165, 1.54) is 0 Å². The van der Waals surface area contributed by atoms with E-state index in [0.29, 0.717) is 28.1 Å². The van der Waals surface area contributed by atoms with Crippen LogP contribution in [0.25, 0.3) is 0 Å². The molecule has 1 atom stereocenters.